The largest absolute Gasteiger partial charge is 0.476 e. The first kappa shape index (κ1) is 24.2. The summed E-state index contributed by atoms with van der Waals surface area (Å²) in [5.41, 5.74) is 0.784. The van der Waals surface area contributed by atoms with Crippen LogP contribution in [0, 0.1) is 0 Å². The van der Waals surface area contributed by atoms with Crippen LogP contribution in [0.15, 0.2) is 11.4 Å². The molecule has 0 aliphatic rings. The number of thioether (sulfide) groups is 1. The van der Waals surface area contributed by atoms with Crippen LogP contribution in [0.1, 0.15) is 41.5 Å². The van der Waals surface area contributed by atoms with Gasteiger partial charge in [-0.1, -0.05) is 11.8 Å². The van der Waals surface area contributed by atoms with Crippen LogP contribution < -0.4 is 4.74 Å². The first-order chi connectivity index (χ1) is 14.3. The third-order valence-corrected chi connectivity index (χ3v) is 5.49. The molecule has 2 aromatic rings. The Hall–Kier alpha value is -2.07. The van der Waals surface area contributed by atoms with Crippen LogP contribution in [-0.4, -0.2) is 73.5 Å². The first-order valence-corrected chi connectivity index (χ1v) is 11.4. The van der Waals surface area contributed by atoms with Gasteiger partial charge >= 0.3 is 0 Å². The fourth-order valence-corrected chi connectivity index (χ4v) is 4.15. The van der Waals surface area contributed by atoms with Gasteiger partial charge in [0.2, 0.25) is 11.8 Å². The molecule has 10 heteroatoms. The SMILES string of the molecule is CCOc1nn(CC)cc1-c1nnc(SCC(=O)N(C(C)C)C(C)C)n1CCOC. The van der Waals surface area contributed by atoms with Crippen molar-refractivity contribution in [1.82, 2.24) is 29.4 Å². The lowest BCUT2D eigenvalue weighted by Crippen LogP contribution is -2.43. The molecular formula is C20H34N6O3S. The molecule has 9 nitrogen and oxygen atoms in total. The molecule has 0 aromatic carbocycles. The van der Waals surface area contributed by atoms with E-state index in [4.69, 9.17) is 9.47 Å². The lowest BCUT2D eigenvalue weighted by atomic mass is 10.2. The van der Waals surface area contributed by atoms with Gasteiger partial charge < -0.3 is 14.4 Å². The maximum atomic E-state index is 12.8. The highest BCUT2D eigenvalue weighted by Crippen LogP contribution is 2.30. The second-order valence-corrected chi connectivity index (χ2v) is 8.31. The predicted octanol–water partition coefficient (Wildman–Crippen LogP) is 2.94. The molecule has 0 atom stereocenters. The van der Waals surface area contributed by atoms with Crippen molar-refractivity contribution < 1.29 is 14.3 Å². The Kier molecular flexibility index (Phi) is 9.16. The number of aryl methyl sites for hydroxylation is 1. The van der Waals surface area contributed by atoms with Gasteiger partial charge in [0.15, 0.2) is 11.0 Å². The Morgan fingerprint density at radius 2 is 1.90 bits per heavy atom. The average Bonchev–Trinajstić information content (AvgIpc) is 3.27. The molecular weight excluding hydrogens is 404 g/mol. The normalized spacial score (nSPS) is 11.5. The van der Waals surface area contributed by atoms with Crippen molar-refractivity contribution in [3.05, 3.63) is 6.20 Å². The van der Waals surface area contributed by atoms with E-state index in [2.05, 4.69) is 15.3 Å². The van der Waals surface area contributed by atoms with Crippen molar-refractivity contribution in [2.75, 3.05) is 26.1 Å². The Labute approximate surface area is 183 Å². The average molecular weight is 439 g/mol. The summed E-state index contributed by atoms with van der Waals surface area (Å²) in [6.45, 7) is 14.4. The highest BCUT2D eigenvalue weighted by Gasteiger charge is 2.24. The minimum absolute atomic E-state index is 0.0849. The smallest absolute Gasteiger partial charge is 0.243 e. The van der Waals surface area contributed by atoms with Gasteiger partial charge in [-0.05, 0) is 41.5 Å². The number of rotatable bonds is 12. The minimum Gasteiger partial charge on any atom is -0.476 e. The van der Waals surface area contributed by atoms with Crippen LogP contribution in [0.4, 0.5) is 0 Å². The van der Waals surface area contributed by atoms with E-state index in [0.29, 0.717) is 42.4 Å². The van der Waals surface area contributed by atoms with Crippen LogP contribution in [0.25, 0.3) is 11.4 Å². The lowest BCUT2D eigenvalue weighted by molar-refractivity contribution is -0.131. The number of hydrogen-bond donors (Lipinski definition) is 0. The summed E-state index contributed by atoms with van der Waals surface area (Å²) >= 11 is 1.39. The van der Waals surface area contributed by atoms with Crippen molar-refractivity contribution >= 4 is 17.7 Å². The van der Waals surface area contributed by atoms with E-state index < -0.39 is 0 Å². The molecule has 0 spiro atoms. The van der Waals surface area contributed by atoms with Crippen LogP contribution >= 0.6 is 11.8 Å². The molecule has 2 heterocycles. The Bertz CT molecular complexity index is 810. The minimum atomic E-state index is 0.0849. The molecule has 0 N–H and O–H groups in total. The number of methoxy groups -OCH3 is 1. The van der Waals surface area contributed by atoms with Crippen molar-refractivity contribution in [2.24, 2.45) is 0 Å². The zero-order valence-corrected chi connectivity index (χ0v) is 19.9. The highest BCUT2D eigenvalue weighted by atomic mass is 32.2. The summed E-state index contributed by atoms with van der Waals surface area (Å²) in [4.78, 5) is 14.7. The van der Waals surface area contributed by atoms with Crippen LogP contribution in [0.3, 0.4) is 0 Å². The maximum absolute atomic E-state index is 12.8. The number of hydrogen-bond acceptors (Lipinski definition) is 7. The number of carbonyl (C=O) groups excluding carboxylic acids is 1. The summed E-state index contributed by atoms with van der Waals surface area (Å²) in [5, 5.41) is 13.9. The number of ether oxygens (including phenoxy) is 2. The molecule has 0 bridgehead atoms. The van der Waals surface area contributed by atoms with E-state index in [9.17, 15) is 4.79 Å². The van der Waals surface area contributed by atoms with Crippen LogP contribution in [0.5, 0.6) is 5.88 Å². The number of amides is 1. The number of nitrogens with zero attached hydrogens (tertiary/aromatic N) is 6. The Morgan fingerprint density at radius 3 is 2.47 bits per heavy atom. The maximum Gasteiger partial charge on any atom is 0.243 e. The third-order valence-electron chi connectivity index (χ3n) is 4.54. The van der Waals surface area contributed by atoms with E-state index in [-0.39, 0.29) is 18.0 Å². The molecule has 0 fully saturated rings. The van der Waals surface area contributed by atoms with Crippen molar-refractivity contribution in [1.29, 1.82) is 0 Å². The zero-order valence-electron chi connectivity index (χ0n) is 19.1. The Morgan fingerprint density at radius 1 is 1.20 bits per heavy atom. The summed E-state index contributed by atoms with van der Waals surface area (Å²) in [6.07, 6.45) is 1.91. The Balaban J connectivity index is 2.31. The highest BCUT2D eigenvalue weighted by molar-refractivity contribution is 7.99. The van der Waals surface area contributed by atoms with E-state index in [1.165, 1.54) is 11.8 Å². The van der Waals surface area contributed by atoms with Gasteiger partial charge in [-0.15, -0.1) is 15.3 Å². The van der Waals surface area contributed by atoms with Gasteiger partial charge in [0.1, 0.15) is 5.56 Å². The van der Waals surface area contributed by atoms with E-state index >= 15 is 0 Å². The fourth-order valence-electron chi connectivity index (χ4n) is 3.31. The van der Waals surface area contributed by atoms with Gasteiger partial charge in [0.25, 0.3) is 0 Å². The topological polar surface area (TPSA) is 87.3 Å². The molecule has 30 heavy (non-hydrogen) atoms. The molecule has 2 aromatic heterocycles. The quantitative estimate of drug-likeness (QED) is 0.471. The summed E-state index contributed by atoms with van der Waals surface area (Å²) < 4.78 is 14.8. The molecule has 2 rings (SSSR count). The first-order valence-electron chi connectivity index (χ1n) is 10.4. The van der Waals surface area contributed by atoms with E-state index in [1.54, 1.807) is 7.11 Å². The van der Waals surface area contributed by atoms with Gasteiger partial charge in [-0.25, -0.2) is 0 Å². The summed E-state index contributed by atoms with van der Waals surface area (Å²) in [6, 6.07) is 0.294. The zero-order chi connectivity index (χ0) is 22.3. The fraction of sp³-hybridized carbons (Fsp3) is 0.700. The summed E-state index contributed by atoms with van der Waals surface area (Å²) in [5.74, 6) is 1.58. The third kappa shape index (κ3) is 5.75. The van der Waals surface area contributed by atoms with Gasteiger partial charge in [0.05, 0.1) is 25.5 Å². The second-order valence-electron chi connectivity index (χ2n) is 7.36. The van der Waals surface area contributed by atoms with E-state index in [0.717, 1.165) is 12.1 Å². The molecule has 0 saturated heterocycles. The number of carbonyl (C=O) groups is 1. The predicted molar refractivity (Wildman–Crippen MR) is 118 cm³/mol. The standard InChI is InChI=1S/C20H34N6O3S/c1-8-24-12-16(19(23-24)29-9-2)18-21-22-20(25(18)10-11-28-7)30-13-17(27)26(14(3)4)15(5)6/h12,14-15H,8-11,13H2,1-7H3. The molecule has 1 amide bonds. The molecule has 0 aliphatic heterocycles. The van der Waals surface area contributed by atoms with Crippen molar-refractivity contribution in [2.45, 2.75) is 71.9 Å². The molecule has 0 unspecified atom stereocenters. The molecule has 168 valence electrons. The van der Waals surface area contributed by atoms with Gasteiger partial charge in [-0.2, -0.15) is 0 Å². The lowest BCUT2D eigenvalue weighted by Gasteiger charge is -2.30. The van der Waals surface area contributed by atoms with Gasteiger partial charge in [0, 0.05) is 31.9 Å². The van der Waals surface area contributed by atoms with Crippen LogP contribution in [-0.2, 0) is 22.6 Å². The van der Waals surface area contributed by atoms with E-state index in [1.807, 2.05) is 61.9 Å². The van der Waals surface area contributed by atoms with Crippen LogP contribution in [0.2, 0.25) is 0 Å². The molecule has 0 aliphatic carbocycles. The van der Waals surface area contributed by atoms with Gasteiger partial charge in [-0.3, -0.25) is 14.0 Å². The monoisotopic (exact) mass is 438 g/mol. The second kappa shape index (κ2) is 11.4. The molecule has 0 radical (unpaired) electrons. The van der Waals surface area contributed by atoms with Crippen molar-refractivity contribution in [3.8, 4) is 17.3 Å². The molecule has 0 saturated carbocycles. The summed E-state index contributed by atoms with van der Waals surface area (Å²) in [7, 11) is 1.66. The van der Waals surface area contributed by atoms with Crippen molar-refractivity contribution in [3.63, 3.8) is 0 Å². The number of aromatic nitrogens is 5.